The van der Waals surface area contributed by atoms with Gasteiger partial charge in [0.1, 0.15) is 0 Å². The van der Waals surface area contributed by atoms with Crippen LogP contribution in [0.4, 0.5) is 0 Å². The molecule has 2 nitrogen and oxygen atoms in total. The smallest absolute Gasteiger partial charge is 0.0713 e. The van der Waals surface area contributed by atoms with Gasteiger partial charge in [-0.15, -0.1) is 0 Å². The van der Waals surface area contributed by atoms with Crippen molar-refractivity contribution in [1.29, 1.82) is 0 Å². The Balaban J connectivity index is 1.60. The van der Waals surface area contributed by atoms with Crippen LogP contribution >= 0.6 is 0 Å². The molecule has 0 spiro atoms. The minimum atomic E-state index is 0.800. The minimum absolute atomic E-state index is 0.800. The Morgan fingerprint density at radius 3 is 1.48 bits per heavy atom. The second-order valence-corrected chi connectivity index (χ2v) is 8.92. The van der Waals surface area contributed by atoms with E-state index in [1.165, 1.54) is 116 Å². The Morgan fingerprint density at radius 2 is 1.00 bits per heavy atom. The summed E-state index contributed by atoms with van der Waals surface area (Å²) >= 11 is 0. The molecule has 0 bridgehead atoms. The van der Waals surface area contributed by atoms with Crippen LogP contribution in [-0.2, 0) is 4.84 Å². The van der Waals surface area contributed by atoms with Gasteiger partial charge < -0.3 is 0 Å². The fourth-order valence-electron chi connectivity index (χ4n) is 4.73. The van der Waals surface area contributed by atoms with Gasteiger partial charge in [-0.1, -0.05) is 96.3 Å². The van der Waals surface area contributed by atoms with Gasteiger partial charge in [0.15, 0.2) is 0 Å². The van der Waals surface area contributed by atoms with E-state index in [4.69, 9.17) is 4.84 Å². The summed E-state index contributed by atoms with van der Waals surface area (Å²) in [6.45, 7) is 2.08. The summed E-state index contributed by atoms with van der Waals surface area (Å²) in [7, 11) is 2.16. The first-order valence-corrected chi connectivity index (χ1v) is 11.7. The maximum atomic E-state index is 6.14. The third kappa shape index (κ3) is 10.6. The van der Waals surface area contributed by atoms with E-state index in [2.05, 4.69) is 12.1 Å². The first-order valence-electron chi connectivity index (χ1n) is 11.7. The highest BCUT2D eigenvalue weighted by Gasteiger charge is 2.14. The zero-order valence-electron chi connectivity index (χ0n) is 17.2. The van der Waals surface area contributed by atoms with Crippen molar-refractivity contribution in [2.75, 3.05) is 20.2 Å². The molecule has 0 radical (unpaired) electrons. The SMILES string of the molecule is CN(CCC1CCCCCCCCC1)OCC1CCCCCCCC1. The molecule has 0 aromatic carbocycles. The lowest BCUT2D eigenvalue weighted by atomic mass is 9.90. The Labute approximate surface area is 158 Å². The van der Waals surface area contributed by atoms with Crippen molar-refractivity contribution in [1.82, 2.24) is 5.06 Å². The number of rotatable bonds is 6. The molecule has 0 saturated heterocycles. The van der Waals surface area contributed by atoms with Crippen molar-refractivity contribution in [3.63, 3.8) is 0 Å². The Kier molecular flexibility index (Phi) is 11.9. The van der Waals surface area contributed by atoms with Crippen LogP contribution in [-0.4, -0.2) is 25.3 Å². The molecule has 0 aromatic heterocycles. The van der Waals surface area contributed by atoms with E-state index in [-0.39, 0.29) is 0 Å². The van der Waals surface area contributed by atoms with Crippen molar-refractivity contribution in [2.45, 2.75) is 116 Å². The lowest BCUT2D eigenvalue weighted by Crippen LogP contribution is -2.25. The third-order valence-corrected chi connectivity index (χ3v) is 6.58. The van der Waals surface area contributed by atoms with E-state index in [0.29, 0.717) is 0 Å². The van der Waals surface area contributed by atoms with E-state index in [0.717, 1.165) is 25.0 Å². The first-order chi connectivity index (χ1) is 12.3. The van der Waals surface area contributed by atoms with Crippen molar-refractivity contribution in [3.8, 4) is 0 Å². The summed E-state index contributed by atoms with van der Waals surface area (Å²) in [5.74, 6) is 1.74. The molecule has 0 amide bonds. The molecule has 2 fully saturated rings. The van der Waals surface area contributed by atoms with Gasteiger partial charge in [-0.3, -0.25) is 4.84 Å². The summed E-state index contributed by atoms with van der Waals surface area (Å²) in [4.78, 5) is 6.14. The molecule has 0 aliphatic heterocycles. The molecule has 2 aliphatic rings. The predicted molar refractivity (Wildman–Crippen MR) is 109 cm³/mol. The monoisotopic (exact) mass is 351 g/mol. The zero-order valence-corrected chi connectivity index (χ0v) is 17.2. The van der Waals surface area contributed by atoms with Gasteiger partial charge in [0.25, 0.3) is 0 Å². The highest BCUT2D eigenvalue weighted by atomic mass is 16.7. The predicted octanol–water partition coefficient (Wildman–Crippen LogP) is 7.13. The molecule has 2 rings (SSSR count). The molecule has 0 atom stereocenters. The van der Waals surface area contributed by atoms with Gasteiger partial charge in [0, 0.05) is 13.6 Å². The van der Waals surface area contributed by atoms with E-state index >= 15 is 0 Å². The molecule has 2 heteroatoms. The number of nitrogens with zero attached hydrogens (tertiary/aromatic N) is 1. The van der Waals surface area contributed by atoms with Gasteiger partial charge in [-0.2, -0.15) is 5.06 Å². The van der Waals surface area contributed by atoms with Crippen LogP contribution in [0, 0.1) is 11.8 Å². The van der Waals surface area contributed by atoms with Gasteiger partial charge in [0.05, 0.1) is 6.61 Å². The fourth-order valence-corrected chi connectivity index (χ4v) is 4.73. The molecular formula is C23H45NO. The normalized spacial score (nSPS) is 23.8. The summed E-state index contributed by atoms with van der Waals surface area (Å²) in [6.07, 6.45) is 25.9. The molecular weight excluding hydrogens is 306 g/mol. The van der Waals surface area contributed by atoms with Crippen molar-refractivity contribution in [3.05, 3.63) is 0 Å². The Morgan fingerprint density at radius 1 is 0.600 bits per heavy atom. The van der Waals surface area contributed by atoms with Crippen LogP contribution in [0.3, 0.4) is 0 Å². The van der Waals surface area contributed by atoms with E-state index in [1.807, 2.05) is 0 Å². The molecule has 0 N–H and O–H groups in total. The van der Waals surface area contributed by atoms with Crippen LogP contribution in [0.1, 0.15) is 116 Å². The van der Waals surface area contributed by atoms with Gasteiger partial charge in [0.2, 0.25) is 0 Å². The molecule has 25 heavy (non-hydrogen) atoms. The first kappa shape index (κ1) is 21.2. The summed E-state index contributed by atoms with van der Waals surface area (Å²) < 4.78 is 0. The number of hydrogen-bond acceptors (Lipinski definition) is 2. The zero-order chi connectivity index (χ0) is 17.6. The van der Waals surface area contributed by atoms with Gasteiger partial charge in [-0.05, 0) is 31.1 Å². The Hall–Kier alpha value is -0.0800. The summed E-state index contributed by atoms with van der Waals surface area (Å²) in [5, 5.41) is 2.16. The van der Waals surface area contributed by atoms with Gasteiger partial charge in [-0.25, -0.2) is 0 Å². The maximum Gasteiger partial charge on any atom is 0.0713 e. The van der Waals surface area contributed by atoms with E-state index in [9.17, 15) is 0 Å². The van der Waals surface area contributed by atoms with Crippen LogP contribution in [0.5, 0.6) is 0 Å². The lowest BCUT2D eigenvalue weighted by Gasteiger charge is -2.24. The molecule has 148 valence electrons. The van der Waals surface area contributed by atoms with Crippen molar-refractivity contribution < 1.29 is 4.84 Å². The second-order valence-electron chi connectivity index (χ2n) is 8.92. The van der Waals surface area contributed by atoms with Crippen LogP contribution in [0.15, 0.2) is 0 Å². The highest BCUT2D eigenvalue weighted by Crippen LogP contribution is 2.25. The minimum Gasteiger partial charge on any atom is -0.299 e. The quantitative estimate of drug-likeness (QED) is 0.472. The average Bonchev–Trinajstić information content (AvgIpc) is 2.77. The number of hydroxylamine groups is 2. The molecule has 0 aromatic rings. The largest absolute Gasteiger partial charge is 0.299 e. The lowest BCUT2D eigenvalue weighted by molar-refractivity contribution is -0.154. The average molecular weight is 352 g/mol. The van der Waals surface area contributed by atoms with Crippen molar-refractivity contribution >= 4 is 0 Å². The molecule has 0 heterocycles. The molecule has 2 aliphatic carbocycles. The maximum absolute atomic E-state index is 6.14. The third-order valence-electron chi connectivity index (χ3n) is 6.58. The molecule has 2 saturated carbocycles. The van der Waals surface area contributed by atoms with Crippen LogP contribution in [0.2, 0.25) is 0 Å². The summed E-state index contributed by atoms with van der Waals surface area (Å²) in [5.41, 5.74) is 0. The highest BCUT2D eigenvalue weighted by molar-refractivity contribution is 4.65. The van der Waals surface area contributed by atoms with Crippen molar-refractivity contribution in [2.24, 2.45) is 11.8 Å². The molecule has 0 unspecified atom stereocenters. The summed E-state index contributed by atoms with van der Waals surface area (Å²) in [6, 6.07) is 0. The second kappa shape index (κ2) is 14.0. The number of hydrogen-bond donors (Lipinski definition) is 0. The topological polar surface area (TPSA) is 12.5 Å². The Bertz CT molecular complexity index is 286. The fraction of sp³-hybridized carbons (Fsp3) is 1.00. The van der Waals surface area contributed by atoms with E-state index in [1.54, 1.807) is 0 Å². The van der Waals surface area contributed by atoms with E-state index < -0.39 is 0 Å². The van der Waals surface area contributed by atoms with Crippen LogP contribution in [0.25, 0.3) is 0 Å². The van der Waals surface area contributed by atoms with Gasteiger partial charge >= 0.3 is 0 Å². The standard InChI is InChI=1S/C23H45NO/c1-24(25-21-23-17-13-9-5-6-10-14-18-23)20-19-22-15-11-7-3-2-4-8-12-16-22/h22-23H,2-21H2,1H3. The van der Waals surface area contributed by atoms with Crippen LogP contribution < -0.4 is 0 Å².